The monoisotopic (exact) mass is 266 g/mol. The zero-order valence-electron chi connectivity index (χ0n) is 11.8. The molecule has 108 valence electrons. The highest BCUT2D eigenvalue weighted by Crippen LogP contribution is 2.45. The normalized spacial score (nSPS) is 24.1. The first-order valence-corrected chi connectivity index (χ1v) is 7.32. The van der Waals surface area contributed by atoms with Crippen LogP contribution in [0, 0.1) is 11.8 Å². The number of carbonyl (C=O) groups is 1. The lowest BCUT2D eigenvalue weighted by Gasteiger charge is -1.98. The molecule has 1 unspecified atom stereocenters. The van der Waals surface area contributed by atoms with Crippen molar-refractivity contribution < 1.29 is 15.0 Å². The van der Waals surface area contributed by atoms with Gasteiger partial charge in [-0.3, -0.25) is 4.79 Å². The topological polar surface area (TPSA) is 57.5 Å². The summed E-state index contributed by atoms with van der Waals surface area (Å²) < 4.78 is 0. The maximum Gasteiger partial charge on any atom is 0.303 e. The summed E-state index contributed by atoms with van der Waals surface area (Å²) >= 11 is 0. The molecule has 1 aliphatic rings. The predicted molar refractivity (Wildman–Crippen MR) is 76.9 cm³/mol. The standard InChI is InChI=1S/C16H26O3/c1-13(17)8-4-2-3-5-9-14-12-15(14)10-6-7-11-16(18)19/h2-4,8,13-15,17H,5-7,9-12H2,1H3,(H,18,19)/b3-2-,8-4+/t13?,14-,15-/m1/s1. The number of carboxylic acids is 1. The minimum Gasteiger partial charge on any atom is -0.481 e. The van der Waals surface area contributed by atoms with Crippen LogP contribution in [0.25, 0.3) is 0 Å². The fourth-order valence-electron chi connectivity index (χ4n) is 2.41. The third-order valence-electron chi connectivity index (χ3n) is 3.63. The largest absolute Gasteiger partial charge is 0.481 e. The van der Waals surface area contributed by atoms with Crippen molar-refractivity contribution in [1.82, 2.24) is 0 Å². The molecule has 3 heteroatoms. The Labute approximate surface area is 116 Å². The molecule has 1 saturated carbocycles. The van der Waals surface area contributed by atoms with Crippen molar-refractivity contribution in [2.24, 2.45) is 11.8 Å². The van der Waals surface area contributed by atoms with Gasteiger partial charge in [0.05, 0.1) is 6.10 Å². The molecule has 0 aliphatic heterocycles. The zero-order valence-corrected chi connectivity index (χ0v) is 11.8. The van der Waals surface area contributed by atoms with Gasteiger partial charge in [-0.15, -0.1) is 0 Å². The van der Waals surface area contributed by atoms with E-state index in [4.69, 9.17) is 10.2 Å². The predicted octanol–water partition coefficient (Wildman–Crippen LogP) is 3.54. The van der Waals surface area contributed by atoms with E-state index in [-0.39, 0.29) is 6.10 Å². The van der Waals surface area contributed by atoms with Crippen molar-refractivity contribution in [3.8, 4) is 0 Å². The molecule has 0 aromatic carbocycles. The summed E-state index contributed by atoms with van der Waals surface area (Å²) in [5.41, 5.74) is 0. The first-order chi connectivity index (χ1) is 9.09. The van der Waals surface area contributed by atoms with Crippen LogP contribution >= 0.6 is 0 Å². The van der Waals surface area contributed by atoms with Crippen LogP contribution in [0.15, 0.2) is 24.3 Å². The van der Waals surface area contributed by atoms with Gasteiger partial charge >= 0.3 is 5.97 Å². The number of carboxylic acid groups (broad SMARTS) is 1. The molecule has 0 amide bonds. The lowest BCUT2D eigenvalue weighted by molar-refractivity contribution is -0.137. The van der Waals surface area contributed by atoms with Crippen molar-refractivity contribution in [2.45, 2.75) is 58.0 Å². The van der Waals surface area contributed by atoms with E-state index in [0.717, 1.165) is 31.1 Å². The number of unbranched alkanes of at least 4 members (excludes halogenated alkanes) is 1. The first-order valence-electron chi connectivity index (χ1n) is 7.32. The molecule has 3 atom stereocenters. The molecule has 2 N–H and O–H groups in total. The molecule has 0 heterocycles. The molecule has 0 aromatic heterocycles. The van der Waals surface area contributed by atoms with E-state index in [1.807, 2.05) is 12.2 Å². The number of aliphatic hydroxyl groups is 1. The quantitative estimate of drug-likeness (QED) is 0.469. The highest BCUT2D eigenvalue weighted by molar-refractivity contribution is 5.66. The van der Waals surface area contributed by atoms with Crippen molar-refractivity contribution >= 4 is 5.97 Å². The van der Waals surface area contributed by atoms with Gasteiger partial charge in [0.25, 0.3) is 0 Å². The molecule has 0 aromatic rings. The van der Waals surface area contributed by atoms with Crippen LogP contribution in [0.4, 0.5) is 0 Å². The number of hydrogen-bond donors (Lipinski definition) is 2. The molecule has 1 rings (SSSR count). The Morgan fingerprint density at radius 1 is 1.26 bits per heavy atom. The Morgan fingerprint density at radius 3 is 2.68 bits per heavy atom. The van der Waals surface area contributed by atoms with E-state index in [1.165, 1.54) is 19.3 Å². The molecule has 0 saturated heterocycles. The van der Waals surface area contributed by atoms with Crippen LogP contribution in [0.2, 0.25) is 0 Å². The molecule has 1 fully saturated rings. The Balaban J connectivity index is 1.95. The number of aliphatic carboxylic acids is 1. The fraction of sp³-hybridized carbons (Fsp3) is 0.688. The summed E-state index contributed by atoms with van der Waals surface area (Å²) in [7, 11) is 0. The lowest BCUT2D eigenvalue weighted by atomic mass is 10.1. The second kappa shape index (κ2) is 8.92. The summed E-state index contributed by atoms with van der Waals surface area (Å²) in [4.78, 5) is 10.4. The number of hydrogen-bond acceptors (Lipinski definition) is 2. The van der Waals surface area contributed by atoms with Gasteiger partial charge in [-0.05, 0) is 44.4 Å². The van der Waals surface area contributed by atoms with E-state index >= 15 is 0 Å². The van der Waals surface area contributed by atoms with E-state index in [2.05, 4.69) is 6.08 Å². The summed E-state index contributed by atoms with van der Waals surface area (Å²) in [6.45, 7) is 1.74. The Morgan fingerprint density at radius 2 is 2.00 bits per heavy atom. The molecule has 1 aliphatic carbocycles. The first kappa shape index (κ1) is 16.0. The third kappa shape index (κ3) is 8.60. The van der Waals surface area contributed by atoms with Crippen molar-refractivity contribution in [1.29, 1.82) is 0 Å². The average molecular weight is 266 g/mol. The average Bonchev–Trinajstić information content (AvgIpc) is 3.07. The molecule has 0 bridgehead atoms. The summed E-state index contributed by atoms with van der Waals surface area (Å²) in [5.74, 6) is 1.02. The Bertz CT molecular complexity index is 318. The van der Waals surface area contributed by atoms with Gasteiger partial charge < -0.3 is 10.2 Å². The molecular weight excluding hydrogens is 240 g/mol. The van der Waals surface area contributed by atoms with Crippen molar-refractivity contribution in [3.05, 3.63) is 24.3 Å². The SMILES string of the molecule is CC(O)/C=C/C=C\CC[C@@H]1C[C@H]1CCCCC(=O)O. The van der Waals surface area contributed by atoms with Gasteiger partial charge in [-0.1, -0.05) is 37.1 Å². The highest BCUT2D eigenvalue weighted by atomic mass is 16.4. The van der Waals surface area contributed by atoms with Crippen LogP contribution in [-0.2, 0) is 4.79 Å². The maximum atomic E-state index is 10.4. The van der Waals surface area contributed by atoms with Crippen molar-refractivity contribution in [2.75, 3.05) is 0 Å². The van der Waals surface area contributed by atoms with Gasteiger partial charge in [-0.2, -0.15) is 0 Å². The zero-order chi connectivity index (χ0) is 14.1. The van der Waals surface area contributed by atoms with Crippen LogP contribution in [0.3, 0.4) is 0 Å². The van der Waals surface area contributed by atoms with Crippen LogP contribution < -0.4 is 0 Å². The van der Waals surface area contributed by atoms with E-state index < -0.39 is 5.97 Å². The smallest absolute Gasteiger partial charge is 0.303 e. The minimum atomic E-state index is -0.678. The number of allylic oxidation sites excluding steroid dienone is 3. The Hall–Kier alpha value is -1.09. The summed E-state index contributed by atoms with van der Waals surface area (Å²) in [6, 6.07) is 0. The van der Waals surface area contributed by atoms with Crippen molar-refractivity contribution in [3.63, 3.8) is 0 Å². The molecule has 3 nitrogen and oxygen atoms in total. The van der Waals surface area contributed by atoms with Crippen LogP contribution in [0.5, 0.6) is 0 Å². The fourth-order valence-corrected chi connectivity index (χ4v) is 2.41. The van der Waals surface area contributed by atoms with E-state index in [9.17, 15) is 4.79 Å². The lowest BCUT2D eigenvalue weighted by Crippen LogP contribution is -1.94. The maximum absolute atomic E-state index is 10.4. The highest BCUT2D eigenvalue weighted by Gasteiger charge is 2.34. The van der Waals surface area contributed by atoms with Crippen LogP contribution in [0.1, 0.15) is 51.9 Å². The molecular formula is C16H26O3. The number of aliphatic hydroxyl groups excluding tert-OH is 1. The summed E-state index contributed by atoms with van der Waals surface area (Å²) in [5, 5.41) is 17.6. The molecule has 19 heavy (non-hydrogen) atoms. The van der Waals surface area contributed by atoms with Gasteiger partial charge in [0, 0.05) is 6.42 Å². The van der Waals surface area contributed by atoms with Gasteiger partial charge in [0.15, 0.2) is 0 Å². The third-order valence-corrected chi connectivity index (χ3v) is 3.63. The van der Waals surface area contributed by atoms with Gasteiger partial charge in [0.2, 0.25) is 0 Å². The molecule has 0 spiro atoms. The minimum absolute atomic E-state index is 0.315. The second-order valence-corrected chi connectivity index (χ2v) is 5.53. The second-order valence-electron chi connectivity index (χ2n) is 5.53. The Kier molecular flexibility index (Phi) is 7.49. The summed E-state index contributed by atoms with van der Waals surface area (Å²) in [6.07, 6.45) is 14.5. The van der Waals surface area contributed by atoms with Gasteiger partial charge in [0.1, 0.15) is 0 Å². The molecule has 0 radical (unpaired) electrons. The van der Waals surface area contributed by atoms with Crippen LogP contribution in [-0.4, -0.2) is 22.3 Å². The van der Waals surface area contributed by atoms with E-state index in [1.54, 1.807) is 13.0 Å². The number of rotatable bonds is 10. The van der Waals surface area contributed by atoms with Gasteiger partial charge in [-0.25, -0.2) is 0 Å². The van der Waals surface area contributed by atoms with E-state index in [0.29, 0.717) is 6.42 Å².